The van der Waals surface area contributed by atoms with Crippen LogP contribution in [0, 0.1) is 6.92 Å². The van der Waals surface area contributed by atoms with Crippen LogP contribution in [0.25, 0.3) is 16.3 Å². The van der Waals surface area contributed by atoms with Gasteiger partial charge in [-0.25, -0.2) is 4.98 Å². The fourth-order valence-corrected chi connectivity index (χ4v) is 2.34. The first kappa shape index (κ1) is 9.29. The molecule has 16 heavy (non-hydrogen) atoms. The molecule has 0 aliphatic rings. The molecule has 0 unspecified atom stereocenters. The van der Waals surface area contributed by atoms with E-state index in [4.69, 9.17) is 5.73 Å². The highest BCUT2D eigenvalue weighted by atomic mass is 32.1. The van der Waals surface area contributed by atoms with E-state index in [0.29, 0.717) is 0 Å². The number of nitrogens with zero attached hydrogens (tertiary/aromatic N) is 4. The van der Waals surface area contributed by atoms with Crippen LogP contribution in [0.2, 0.25) is 0 Å². The summed E-state index contributed by atoms with van der Waals surface area (Å²) < 4.78 is 1.84. The number of hydrogen-bond donors (Lipinski definition) is 1. The Hall–Kier alpha value is -1.95. The summed E-state index contributed by atoms with van der Waals surface area (Å²) in [5, 5.41) is 10.2. The lowest BCUT2D eigenvalue weighted by atomic mass is 10.4. The molecular weight excluding hydrogens is 222 g/mol. The van der Waals surface area contributed by atoms with Gasteiger partial charge in [0.1, 0.15) is 6.33 Å². The van der Waals surface area contributed by atoms with Crippen LogP contribution < -0.4 is 5.73 Å². The van der Waals surface area contributed by atoms with Gasteiger partial charge in [-0.3, -0.25) is 4.40 Å². The van der Waals surface area contributed by atoms with Gasteiger partial charge in [-0.05, 0) is 18.4 Å². The Morgan fingerprint density at radius 1 is 1.38 bits per heavy atom. The third kappa shape index (κ3) is 1.27. The standard InChI is InChI=1S/C10H9N5S/c1-6-4-8-13-14-10(15(8)5-12-6)9-7(11)2-3-16-9/h2-5H,11H2,1H3. The molecule has 0 saturated heterocycles. The molecule has 0 aliphatic carbocycles. The fourth-order valence-electron chi connectivity index (χ4n) is 1.54. The van der Waals surface area contributed by atoms with E-state index in [1.165, 1.54) is 0 Å². The molecule has 5 nitrogen and oxygen atoms in total. The zero-order valence-corrected chi connectivity index (χ0v) is 9.40. The number of rotatable bonds is 1. The van der Waals surface area contributed by atoms with Gasteiger partial charge in [-0.2, -0.15) is 0 Å². The zero-order valence-electron chi connectivity index (χ0n) is 8.58. The molecule has 3 aromatic rings. The second-order valence-electron chi connectivity index (χ2n) is 3.49. The SMILES string of the molecule is Cc1cc2nnc(-c3sccc3N)n2cn1. The van der Waals surface area contributed by atoms with E-state index in [9.17, 15) is 0 Å². The van der Waals surface area contributed by atoms with Crippen molar-refractivity contribution in [2.24, 2.45) is 0 Å². The van der Waals surface area contributed by atoms with Crippen molar-refractivity contribution in [1.29, 1.82) is 0 Å². The minimum absolute atomic E-state index is 0.722. The first-order valence-electron chi connectivity index (χ1n) is 4.76. The van der Waals surface area contributed by atoms with Crippen molar-refractivity contribution < 1.29 is 0 Å². The van der Waals surface area contributed by atoms with Crippen molar-refractivity contribution in [2.45, 2.75) is 6.92 Å². The average molecular weight is 231 g/mol. The lowest BCUT2D eigenvalue weighted by Gasteiger charge is -1.98. The minimum atomic E-state index is 0.722. The highest BCUT2D eigenvalue weighted by molar-refractivity contribution is 7.14. The molecule has 6 heteroatoms. The van der Waals surface area contributed by atoms with Crippen LogP contribution in [0.15, 0.2) is 23.8 Å². The van der Waals surface area contributed by atoms with Crippen molar-refractivity contribution >= 4 is 22.7 Å². The Morgan fingerprint density at radius 3 is 3.00 bits per heavy atom. The van der Waals surface area contributed by atoms with Crippen LogP contribution in [0.1, 0.15) is 5.69 Å². The van der Waals surface area contributed by atoms with E-state index < -0.39 is 0 Å². The van der Waals surface area contributed by atoms with Crippen molar-refractivity contribution in [3.05, 3.63) is 29.5 Å². The van der Waals surface area contributed by atoms with Crippen LogP contribution in [0.3, 0.4) is 0 Å². The molecule has 0 aromatic carbocycles. The molecule has 0 fully saturated rings. The first-order chi connectivity index (χ1) is 7.75. The summed E-state index contributed by atoms with van der Waals surface area (Å²) in [5.41, 5.74) is 8.29. The summed E-state index contributed by atoms with van der Waals surface area (Å²) in [6.45, 7) is 1.92. The van der Waals surface area contributed by atoms with Gasteiger partial charge >= 0.3 is 0 Å². The lowest BCUT2D eigenvalue weighted by Crippen LogP contribution is -1.93. The third-order valence-electron chi connectivity index (χ3n) is 2.34. The van der Waals surface area contributed by atoms with Gasteiger partial charge in [0, 0.05) is 11.8 Å². The van der Waals surface area contributed by atoms with Crippen LogP contribution in [0.4, 0.5) is 5.69 Å². The topological polar surface area (TPSA) is 69.1 Å². The van der Waals surface area contributed by atoms with Crippen molar-refractivity contribution in [3.8, 4) is 10.7 Å². The number of aryl methyl sites for hydroxylation is 1. The number of fused-ring (bicyclic) bond motifs is 1. The number of aromatic nitrogens is 4. The predicted molar refractivity (Wildman–Crippen MR) is 63.2 cm³/mol. The molecule has 0 atom stereocenters. The van der Waals surface area contributed by atoms with E-state index in [1.54, 1.807) is 17.7 Å². The highest BCUT2D eigenvalue weighted by Gasteiger charge is 2.12. The molecule has 2 N–H and O–H groups in total. The molecular formula is C10H9N5S. The number of anilines is 1. The Labute approximate surface area is 95.6 Å². The van der Waals surface area contributed by atoms with Crippen molar-refractivity contribution in [3.63, 3.8) is 0 Å². The maximum atomic E-state index is 5.86. The molecule has 0 amide bonds. The van der Waals surface area contributed by atoms with Crippen LogP contribution >= 0.6 is 11.3 Å². The Kier molecular flexibility index (Phi) is 1.90. The number of nitrogens with two attached hydrogens (primary N) is 1. The summed E-state index contributed by atoms with van der Waals surface area (Å²) in [6, 6.07) is 3.75. The fraction of sp³-hybridized carbons (Fsp3) is 0.100. The van der Waals surface area contributed by atoms with Gasteiger partial charge in [0.15, 0.2) is 11.5 Å². The molecule has 3 heterocycles. The number of hydrogen-bond acceptors (Lipinski definition) is 5. The van der Waals surface area contributed by atoms with E-state index in [1.807, 2.05) is 28.8 Å². The second kappa shape index (κ2) is 3.28. The summed E-state index contributed by atoms with van der Waals surface area (Å²) in [7, 11) is 0. The van der Waals surface area contributed by atoms with Gasteiger partial charge in [-0.15, -0.1) is 21.5 Å². The summed E-state index contributed by atoms with van der Waals surface area (Å²) in [5.74, 6) is 0.745. The average Bonchev–Trinajstić information content (AvgIpc) is 2.83. The Balaban J connectivity index is 2.30. The first-order valence-corrected chi connectivity index (χ1v) is 5.64. The van der Waals surface area contributed by atoms with E-state index in [0.717, 1.165) is 27.7 Å². The van der Waals surface area contributed by atoms with Gasteiger partial charge in [0.05, 0.1) is 10.6 Å². The predicted octanol–water partition coefficient (Wildman–Crippen LogP) is 1.74. The minimum Gasteiger partial charge on any atom is -0.397 e. The van der Waals surface area contributed by atoms with Crippen LogP contribution in [-0.2, 0) is 0 Å². The van der Waals surface area contributed by atoms with Gasteiger partial charge in [0.2, 0.25) is 0 Å². The maximum absolute atomic E-state index is 5.86. The zero-order chi connectivity index (χ0) is 11.1. The molecule has 0 radical (unpaired) electrons. The van der Waals surface area contributed by atoms with E-state index >= 15 is 0 Å². The molecule has 3 rings (SSSR count). The highest BCUT2D eigenvalue weighted by Crippen LogP contribution is 2.29. The number of thiophene rings is 1. The maximum Gasteiger partial charge on any atom is 0.181 e. The van der Waals surface area contributed by atoms with Crippen molar-refractivity contribution in [2.75, 3.05) is 5.73 Å². The Bertz CT molecular complexity index is 654. The van der Waals surface area contributed by atoms with Crippen LogP contribution in [-0.4, -0.2) is 19.6 Å². The molecule has 0 saturated carbocycles. The lowest BCUT2D eigenvalue weighted by molar-refractivity contribution is 1.05. The summed E-state index contributed by atoms with van der Waals surface area (Å²) in [4.78, 5) is 5.16. The third-order valence-corrected chi connectivity index (χ3v) is 3.26. The van der Waals surface area contributed by atoms with Crippen molar-refractivity contribution in [1.82, 2.24) is 19.6 Å². The van der Waals surface area contributed by atoms with Crippen LogP contribution in [0.5, 0.6) is 0 Å². The largest absolute Gasteiger partial charge is 0.397 e. The van der Waals surface area contributed by atoms with E-state index in [-0.39, 0.29) is 0 Å². The second-order valence-corrected chi connectivity index (χ2v) is 4.40. The molecule has 0 bridgehead atoms. The smallest absolute Gasteiger partial charge is 0.181 e. The monoisotopic (exact) mass is 231 g/mol. The van der Waals surface area contributed by atoms with Gasteiger partial charge in [-0.1, -0.05) is 0 Å². The summed E-state index contributed by atoms with van der Waals surface area (Å²) >= 11 is 1.55. The number of nitrogen functional groups attached to an aromatic ring is 1. The van der Waals surface area contributed by atoms with E-state index in [2.05, 4.69) is 15.2 Å². The Morgan fingerprint density at radius 2 is 2.25 bits per heavy atom. The molecule has 80 valence electrons. The summed E-state index contributed by atoms with van der Waals surface area (Å²) in [6.07, 6.45) is 1.72. The quantitative estimate of drug-likeness (QED) is 0.692. The van der Waals surface area contributed by atoms with Gasteiger partial charge in [0.25, 0.3) is 0 Å². The normalized spacial score (nSPS) is 11.1. The van der Waals surface area contributed by atoms with Gasteiger partial charge < -0.3 is 5.73 Å². The molecule has 0 spiro atoms. The molecule has 3 aromatic heterocycles. The molecule has 0 aliphatic heterocycles.